The van der Waals surface area contributed by atoms with E-state index in [1.165, 1.54) is 0 Å². The molecule has 1 atom stereocenters. The lowest BCUT2D eigenvalue weighted by atomic mass is 10.2. The van der Waals surface area contributed by atoms with E-state index in [-0.39, 0.29) is 31.4 Å². The molecule has 1 heterocycles. The molecule has 0 aromatic carbocycles. The molecule has 6 nitrogen and oxygen atoms in total. The maximum absolute atomic E-state index is 12.2. The Morgan fingerprint density at radius 3 is 2.61 bits per heavy atom. The molecule has 1 unspecified atom stereocenters. The number of aliphatic carboxylic acids is 1. The third kappa shape index (κ3) is 5.01. The van der Waals surface area contributed by atoms with Gasteiger partial charge < -0.3 is 19.5 Å². The maximum atomic E-state index is 12.2. The number of rotatable bonds is 6. The summed E-state index contributed by atoms with van der Waals surface area (Å²) in [6, 6.07) is 0. The Morgan fingerprint density at radius 2 is 2.11 bits per heavy atom. The topological polar surface area (TPSA) is 76.1 Å². The summed E-state index contributed by atoms with van der Waals surface area (Å²) < 4.78 is 10.5. The van der Waals surface area contributed by atoms with Gasteiger partial charge in [0.05, 0.1) is 26.2 Å². The van der Waals surface area contributed by atoms with Crippen LogP contribution in [0, 0.1) is 5.92 Å². The summed E-state index contributed by atoms with van der Waals surface area (Å²) in [5, 5.41) is 8.69. The first-order valence-corrected chi connectivity index (χ1v) is 6.20. The third-order valence-electron chi connectivity index (χ3n) is 2.58. The van der Waals surface area contributed by atoms with Crippen LogP contribution < -0.4 is 0 Å². The molecule has 1 aliphatic heterocycles. The number of carboxylic acids is 1. The van der Waals surface area contributed by atoms with Crippen LogP contribution in [0.15, 0.2) is 0 Å². The predicted molar refractivity (Wildman–Crippen MR) is 64.2 cm³/mol. The van der Waals surface area contributed by atoms with Crippen molar-refractivity contribution in [2.24, 2.45) is 5.92 Å². The molecule has 0 bridgehead atoms. The number of amides is 1. The van der Waals surface area contributed by atoms with Crippen molar-refractivity contribution in [2.75, 3.05) is 32.9 Å². The van der Waals surface area contributed by atoms with Crippen LogP contribution in [0.25, 0.3) is 0 Å². The Labute approximate surface area is 107 Å². The van der Waals surface area contributed by atoms with E-state index in [4.69, 9.17) is 14.6 Å². The SMILES string of the molecule is CC(C)CN(CCC(=O)O)C(=O)C1COCCO1. The first-order chi connectivity index (χ1) is 8.50. The Hall–Kier alpha value is -1.14. The smallest absolute Gasteiger partial charge is 0.305 e. The second-order valence-corrected chi connectivity index (χ2v) is 4.76. The molecular weight excluding hydrogens is 238 g/mol. The van der Waals surface area contributed by atoms with Gasteiger partial charge in [0, 0.05) is 13.1 Å². The standard InChI is InChI=1S/C12H21NO5/c1-9(2)7-13(4-3-11(14)15)12(16)10-8-17-5-6-18-10/h9-10H,3-8H2,1-2H3,(H,14,15). The molecule has 1 N–H and O–H groups in total. The minimum atomic E-state index is -0.905. The van der Waals surface area contributed by atoms with Gasteiger partial charge in [0.2, 0.25) is 0 Å². The molecule has 0 saturated carbocycles. The van der Waals surface area contributed by atoms with Gasteiger partial charge in [0.15, 0.2) is 6.10 Å². The van der Waals surface area contributed by atoms with Gasteiger partial charge in [0.1, 0.15) is 0 Å². The van der Waals surface area contributed by atoms with Gasteiger partial charge in [0.25, 0.3) is 5.91 Å². The molecule has 1 amide bonds. The van der Waals surface area contributed by atoms with E-state index >= 15 is 0 Å². The highest BCUT2D eigenvalue weighted by molar-refractivity contribution is 5.81. The Morgan fingerprint density at radius 1 is 1.39 bits per heavy atom. The summed E-state index contributed by atoms with van der Waals surface area (Å²) in [7, 11) is 0. The number of ether oxygens (including phenoxy) is 2. The quantitative estimate of drug-likeness (QED) is 0.745. The van der Waals surface area contributed by atoms with Crippen LogP contribution in [0.1, 0.15) is 20.3 Å². The maximum Gasteiger partial charge on any atom is 0.305 e. The van der Waals surface area contributed by atoms with Gasteiger partial charge in [-0.3, -0.25) is 9.59 Å². The largest absolute Gasteiger partial charge is 0.481 e. The Bertz CT molecular complexity index is 286. The van der Waals surface area contributed by atoms with Crippen LogP contribution in [-0.2, 0) is 19.1 Å². The van der Waals surface area contributed by atoms with Gasteiger partial charge in [-0.1, -0.05) is 13.8 Å². The van der Waals surface area contributed by atoms with Crippen LogP contribution >= 0.6 is 0 Å². The molecule has 0 aromatic rings. The highest BCUT2D eigenvalue weighted by Gasteiger charge is 2.28. The molecule has 18 heavy (non-hydrogen) atoms. The van der Waals surface area contributed by atoms with Gasteiger partial charge >= 0.3 is 5.97 Å². The molecule has 1 saturated heterocycles. The minimum absolute atomic E-state index is 0.0496. The molecule has 6 heteroatoms. The summed E-state index contributed by atoms with van der Waals surface area (Å²) in [5.74, 6) is -0.797. The fraction of sp³-hybridized carbons (Fsp3) is 0.833. The van der Waals surface area contributed by atoms with Crippen LogP contribution in [-0.4, -0.2) is 60.9 Å². The normalized spacial score (nSPS) is 19.8. The monoisotopic (exact) mass is 259 g/mol. The molecule has 0 spiro atoms. The van der Waals surface area contributed by atoms with E-state index in [2.05, 4.69) is 0 Å². The molecule has 0 aromatic heterocycles. The average molecular weight is 259 g/mol. The lowest BCUT2D eigenvalue weighted by Gasteiger charge is -2.30. The Kier molecular flexibility index (Phi) is 6.07. The predicted octanol–water partition coefficient (Wildman–Crippen LogP) is 0.361. The second-order valence-electron chi connectivity index (χ2n) is 4.76. The molecule has 1 rings (SSSR count). The van der Waals surface area contributed by atoms with Gasteiger partial charge in [-0.2, -0.15) is 0 Å². The number of nitrogens with zero attached hydrogens (tertiary/aromatic N) is 1. The van der Waals surface area contributed by atoms with Crippen LogP contribution in [0.4, 0.5) is 0 Å². The number of carbonyl (C=O) groups is 2. The van der Waals surface area contributed by atoms with Crippen molar-refractivity contribution >= 4 is 11.9 Å². The first kappa shape index (κ1) is 14.9. The van der Waals surface area contributed by atoms with Crippen molar-refractivity contribution in [2.45, 2.75) is 26.4 Å². The first-order valence-electron chi connectivity index (χ1n) is 6.20. The van der Waals surface area contributed by atoms with Gasteiger partial charge in [-0.25, -0.2) is 0 Å². The molecule has 104 valence electrons. The summed E-state index contributed by atoms with van der Waals surface area (Å²) in [6.45, 7) is 5.88. The molecule has 1 aliphatic rings. The summed E-state index contributed by atoms with van der Waals surface area (Å²) >= 11 is 0. The minimum Gasteiger partial charge on any atom is -0.481 e. The highest BCUT2D eigenvalue weighted by atomic mass is 16.6. The van der Waals surface area contributed by atoms with Crippen LogP contribution in [0.2, 0.25) is 0 Å². The summed E-state index contributed by atoms with van der Waals surface area (Å²) in [5.41, 5.74) is 0. The van der Waals surface area contributed by atoms with Crippen LogP contribution in [0.5, 0.6) is 0 Å². The van der Waals surface area contributed by atoms with Gasteiger partial charge in [-0.05, 0) is 5.92 Å². The van der Waals surface area contributed by atoms with E-state index in [1.54, 1.807) is 4.90 Å². The summed E-state index contributed by atoms with van der Waals surface area (Å²) in [4.78, 5) is 24.3. The average Bonchev–Trinajstić information content (AvgIpc) is 2.34. The van der Waals surface area contributed by atoms with Crippen molar-refractivity contribution in [3.8, 4) is 0 Å². The highest BCUT2D eigenvalue weighted by Crippen LogP contribution is 2.08. The van der Waals surface area contributed by atoms with Crippen molar-refractivity contribution in [1.82, 2.24) is 4.90 Å². The van der Waals surface area contributed by atoms with Crippen molar-refractivity contribution < 1.29 is 24.2 Å². The molecule has 0 radical (unpaired) electrons. The third-order valence-corrected chi connectivity index (χ3v) is 2.58. The van der Waals surface area contributed by atoms with Crippen LogP contribution in [0.3, 0.4) is 0 Å². The number of hydrogen-bond donors (Lipinski definition) is 1. The number of hydrogen-bond acceptors (Lipinski definition) is 4. The zero-order valence-electron chi connectivity index (χ0n) is 10.9. The molecule has 0 aliphatic carbocycles. The molecular formula is C12H21NO5. The number of carbonyl (C=O) groups excluding carboxylic acids is 1. The van der Waals surface area contributed by atoms with E-state index < -0.39 is 12.1 Å². The Balaban J connectivity index is 2.55. The molecule has 1 fully saturated rings. The van der Waals surface area contributed by atoms with Crippen molar-refractivity contribution in [3.63, 3.8) is 0 Å². The zero-order chi connectivity index (χ0) is 13.5. The van der Waals surface area contributed by atoms with Crippen molar-refractivity contribution in [1.29, 1.82) is 0 Å². The van der Waals surface area contributed by atoms with Gasteiger partial charge in [-0.15, -0.1) is 0 Å². The van der Waals surface area contributed by atoms with Crippen molar-refractivity contribution in [3.05, 3.63) is 0 Å². The van der Waals surface area contributed by atoms with E-state index in [1.807, 2.05) is 13.8 Å². The zero-order valence-corrected chi connectivity index (χ0v) is 10.9. The fourth-order valence-electron chi connectivity index (χ4n) is 1.80. The van der Waals surface area contributed by atoms with E-state index in [9.17, 15) is 9.59 Å². The van der Waals surface area contributed by atoms with E-state index in [0.717, 1.165) is 0 Å². The summed E-state index contributed by atoms with van der Waals surface area (Å²) in [6.07, 6.45) is -0.641. The lowest BCUT2D eigenvalue weighted by Crippen LogP contribution is -2.47. The fourth-order valence-corrected chi connectivity index (χ4v) is 1.80. The van der Waals surface area contributed by atoms with E-state index in [0.29, 0.717) is 19.8 Å². The lowest BCUT2D eigenvalue weighted by molar-refractivity contribution is -0.159. The number of carboxylic acid groups (broad SMARTS) is 1. The second kappa shape index (κ2) is 7.33.